The fraction of sp³-hybridized carbons (Fsp3) is 0.560. The summed E-state index contributed by atoms with van der Waals surface area (Å²) < 4.78 is 5.47. The van der Waals surface area contributed by atoms with E-state index in [9.17, 15) is 9.90 Å². The number of hydrogen-bond donors (Lipinski definition) is 1. The molecule has 1 saturated heterocycles. The van der Waals surface area contributed by atoms with Crippen LogP contribution in [0.3, 0.4) is 0 Å². The predicted octanol–water partition coefficient (Wildman–Crippen LogP) is 3.69. The Morgan fingerprint density at radius 2 is 2.12 bits per heavy atom. The van der Waals surface area contributed by atoms with Gasteiger partial charge in [-0.1, -0.05) is 48.4 Å². The zero-order valence-electron chi connectivity index (χ0n) is 19.0. The zero-order chi connectivity index (χ0) is 22.5. The number of hydrogen-bond acceptors (Lipinski definition) is 6. The number of oxime groups is 1. The SMILES string of the molecule is Cc1cc([C@@H](C(=O)N2C[C@H](O)C[C@H]2C2=NO[C@@]3(CCCc4ccccc43)C2)C(C)C)on1. The van der Waals surface area contributed by atoms with Crippen LogP contribution in [0.2, 0.25) is 0 Å². The van der Waals surface area contributed by atoms with Crippen LogP contribution in [0.1, 0.15) is 68.0 Å². The van der Waals surface area contributed by atoms with Gasteiger partial charge in [0.25, 0.3) is 0 Å². The molecule has 1 spiro atoms. The Hall–Kier alpha value is -2.67. The lowest BCUT2D eigenvalue weighted by Gasteiger charge is -2.34. The number of carbonyl (C=O) groups is 1. The summed E-state index contributed by atoms with van der Waals surface area (Å²) in [5.74, 6) is 0.109. The minimum absolute atomic E-state index is 0.0339. The Balaban J connectivity index is 1.41. The number of β-amino-alcohol motifs (C(OH)–C–C–N with tert-alkyl or cyclic N) is 1. The van der Waals surface area contributed by atoms with Crippen LogP contribution < -0.4 is 0 Å². The molecule has 1 fully saturated rings. The third-order valence-corrected chi connectivity index (χ3v) is 7.17. The molecule has 1 N–H and O–H groups in total. The topological polar surface area (TPSA) is 88.2 Å². The van der Waals surface area contributed by atoms with E-state index in [2.05, 4.69) is 34.6 Å². The molecule has 7 nitrogen and oxygen atoms in total. The maximum Gasteiger partial charge on any atom is 0.234 e. The van der Waals surface area contributed by atoms with Crippen LogP contribution in [0.15, 0.2) is 40.0 Å². The molecule has 32 heavy (non-hydrogen) atoms. The number of aliphatic hydroxyl groups is 1. The molecule has 3 heterocycles. The third-order valence-electron chi connectivity index (χ3n) is 7.17. The van der Waals surface area contributed by atoms with Crippen molar-refractivity contribution in [3.8, 4) is 0 Å². The number of nitrogens with zero attached hydrogens (tertiary/aromatic N) is 3. The summed E-state index contributed by atoms with van der Waals surface area (Å²) in [4.78, 5) is 21.6. The Morgan fingerprint density at radius 1 is 1.31 bits per heavy atom. The van der Waals surface area contributed by atoms with Gasteiger partial charge in [-0.2, -0.15) is 0 Å². The Kier molecular flexibility index (Phi) is 5.32. The van der Waals surface area contributed by atoms with Crippen LogP contribution in [0.4, 0.5) is 0 Å². The van der Waals surface area contributed by atoms with Gasteiger partial charge >= 0.3 is 0 Å². The van der Waals surface area contributed by atoms with Crippen LogP contribution in [0.5, 0.6) is 0 Å². The number of likely N-dealkylation sites (tertiary alicyclic amines) is 1. The molecule has 3 aliphatic rings. The maximum atomic E-state index is 13.7. The van der Waals surface area contributed by atoms with Crippen LogP contribution in [0.25, 0.3) is 0 Å². The van der Waals surface area contributed by atoms with Crippen molar-refractivity contribution < 1.29 is 19.3 Å². The monoisotopic (exact) mass is 437 g/mol. The largest absolute Gasteiger partial charge is 0.391 e. The van der Waals surface area contributed by atoms with E-state index in [1.165, 1.54) is 11.1 Å². The van der Waals surface area contributed by atoms with Crippen LogP contribution >= 0.6 is 0 Å². The lowest BCUT2D eigenvalue weighted by atomic mass is 9.76. The standard InChI is InChI=1S/C25H31N3O4/c1-15(2)23(22-11-16(3)26-31-22)24(30)28-14-18(29)12-21(28)20-13-25(32-27-20)10-6-8-17-7-4-5-9-19(17)25/h4-5,7,9,11,15,18,21,23,29H,6,8,10,12-14H2,1-3H3/t18-,21+,23+,25+/m1/s1. The summed E-state index contributed by atoms with van der Waals surface area (Å²) in [5.41, 5.74) is 3.67. The predicted molar refractivity (Wildman–Crippen MR) is 119 cm³/mol. The first-order valence-corrected chi connectivity index (χ1v) is 11.6. The lowest BCUT2D eigenvalue weighted by Crippen LogP contribution is -2.44. The first-order chi connectivity index (χ1) is 15.4. The van der Waals surface area contributed by atoms with Gasteiger partial charge in [0.1, 0.15) is 11.7 Å². The first-order valence-electron chi connectivity index (χ1n) is 11.6. The van der Waals surface area contributed by atoms with Gasteiger partial charge in [-0.25, -0.2) is 0 Å². The summed E-state index contributed by atoms with van der Waals surface area (Å²) in [5, 5.41) is 19.0. The Morgan fingerprint density at radius 3 is 2.88 bits per heavy atom. The average Bonchev–Trinajstić information content (AvgIpc) is 3.48. The van der Waals surface area contributed by atoms with Gasteiger partial charge in [-0.05, 0) is 37.7 Å². The van der Waals surface area contributed by atoms with Gasteiger partial charge in [-0.15, -0.1) is 0 Å². The molecule has 0 saturated carbocycles. The second-order valence-corrected chi connectivity index (χ2v) is 9.84. The summed E-state index contributed by atoms with van der Waals surface area (Å²) in [6.45, 7) is 6.16. The second-order valence-electron chi connectivity index (χ2n) is 9.84. The van der Waals surface area contributed by atoms with Gasteiger partial charge in [0.15, 0.2) is 5.60 Å². The number of carbonyl (C=O) groups excluding carboxylic acids is 1. The second kappa shape index (κ2) is 8.03. The molecular weight excluding hydrogens is 406 g/mol. The number of aryl methyl sites for hydroxylation is 2. The normalized spacial score (nSPS) is 28.0. The lowest BCUT2D eigenvalue weighted by molar-refractivity contribution is -0.134. The van der Waals surface area contributed by atoms with Gasteiger partial charge in [-0.3, -0.25) is 4.79 Å². The molecule has 1 aromatic carbocycles. The molecule has 1 aromatic heterocycles. The minimum Gasteiger partial charge on any atom is -0.391 e. The zero-order valence-corrected chi connectivity index (χ0v) is 19.0. The number of aliphatic hydroxyl groups excluding tert-OH is 1. The van der Waals surface area contributed by atoms with Crippen molar-refractivity contribution in [1.82, 2.24) is 10.1 Å². The number of fused-ring (bicyclic) bond motifs is 2. The molecule has 4 atom stereocenters. The molecule has 170 valence electrons. The average molecular weight is 438 g/mol. The maximum absolute atomic E-state index is 13.7. The van der Waals surface area contributed by atoms with E-state index in [0.29, 0.717) is 25.1 Å². The van der Waals surface area contributed by atoms with Crippen molar-refractivity contribution in [2.24, 2.45) is 11.1 Å². The van der Waals surface area contributed by atoms with E-state index >= 15 is 0 Å². The molecule has 1 amide bonds. The molecule has 5 rings (SSSR count). The van der Waals surface area contributed by atoms with Crippen molar-refractivity contribution in [2.45, 2.75) is 76.5 Å². The summed E-state index contributed by atoms with van der Waals surface area (Å²) in [6, 6.07) is 9.99. The first kappa shape index (κ1) is 21.2. The molecule has 0 unspecified atom stereocenters. The van der Waals surface area contributed by atoms with Gasteiger partial charge in [0, 0.05) is 31.0 Å². The van der Waals surface area contributed by atoms with E-state index in [1.54, 1.807) is 4.90 Å². The highest BCUT2D eigenvalue weighted by atomic mass is 16.7. The van der Waals surface area contributed by atoms with E-state index < -0.39 is 17.6 Å². The fourth-order valence-corrected chi connectivity index (χ4v) is 5.66. The van der Waals surface area contributed by atoms with E-state index in [1.807, 2.05) is 26.8 Å². The molecule has 0 bridgehead atoms. The highest BCUT2D eigenvalue weighted by Crippen LogP contribution is 2.46. The van der Waals surface area contributed by atoms with Crippen molar-refractivity contribution in [1.29, 1.82) is 0 Å². The van der Waals surface area contributed by atoms with Gasteiger partial charge in [0.2, 0.25) is 5.91 Å². The number of benzene rings is 1. The highest BCUT2D eigenvalue weighted by molar-refractivity contribution is 5.96. The van der Waals surface area contributed by atoms with Crippen LogP contribution in [0, 0.1) is 12.8 Å². The number of aromatic nitrogens is 1. The van der Waals surface area contributed by atoms with Crippen LogP contribution in [-0.4, -0.2) is 45.5 Å². The van der Waals surface area contributed by atoms with Crippen molar-refractivity contribution in [3.05, 3.63) is 52.9 Å². The number of rotatable bonds is 4. The van der Waals surface area contributed by atoms with Crippen LogP contribution in [-0.2, 0) is 21.7 Å². The van der Waals surface area contributed by atoms with E-state index in [-0.39, 0.29) is 17.9 Å². The highest BCUT2D eigenvalue weighted by Gasteiger charge is 2.49. The van der Waals surface area contributed by atoms with Crippen molar-refractivity contribution >= 4 is 11.6 Å². The molecule has 1 aliphatic carbocycles. The molecule has 2 aliphatic heterocycles. The van der Waals surface area contributed by atoms with E-state index in [0.717, 1.165) is 30.7 Å². The molecule has 7 heteroatoms. The van der Waals surface area contributed by atoms with Crippen molar-refractivity contribution in [2.75, 3.05) is 6.54 Å². The Bertz CT molecular complexity index is 1050. The minimum atomic E-state index is -0.578. The van der Waals surface area contributed by atoms with E-state index in [4.69, 9.17) is 9.36 Å². The van der Waals surface area contributed by atoms with Gasteiger partial charge < -0.3 is 19.4 Å². The smallest absolute Gasteiger partial charge is 0.234 e. The molecule has 2 aromatic rings. The Labute approximate surface area is 188 Å². The summed E-state index contributed by atoms with van der Waals surface area (Å²) in [7, 11) is 0. The quantitative estimate of drug-likeness (QED) is 0.788. The molecular formula is C25H31N3O4. The number of amides is 1. The third kappa shape index (κ3) is 3.52. The summed E-state index contributed by atoms with van der Waals surface area (Å²) >= 11 is 0. The van der Waals surface area contributed by atoms with Crippen molar-refractivity contribution in [3.63, 3.8) is 0 Å². The summed E-state index contributed by atoms with van der Waals surface area (Å²) in [6.07, 6.45) is 3.56. The fourth-order valence-electron chi connectivity index (χ4n) is 5.66. The molecule has 0 radical (unpaired) electrons. The van der Waals surface area contributed by atoms with Gasteiger partial charge in [0.05, 0.1) is 23.6 Å².